The van der Waals surface area contributed by atoms with Crippen LogP contribution in [0.4, 0.5) is 15.3 Å². The van der Waals surface area contributed by atoms with Gasteiger partial charge in [-0.1, -0.05) is 34.4 Å². The van der Waals surface area contributed by atoms with Gasteiger partial charge in [-0.2, -0.15) is 0 Å². The van der Waals surface area contributed by atoms with E-state index < -0.39 is 12.1 Å². The zero-order valence-electron chi connectivity index (χ0n) is 13.1. The fraction of sp³-hybridized carbons (Fsp3) is 0.214. The molecule has 0 saturated carbocycles. The number of rotatable bonds is 2. The first kappa shape index (κ1) is 17.9. The molecule has 0 fully saturated rings. The largest absolute Gasteiger partial charge is 0.359 e. The number of nitrogens with zero attached hydrogens (tertiary/aromatic N) is 2. The van der Waals surface area contributed by atoms with Gasteiger partial charge in [0.1, 0.15) is 11.4 Å². The summed E-state index contributed by atoms with van der Waals surface area (Å²) in [5.74, 6) is 0.357. The van der Waals surface area contributed by atoms with Crippen LogP contribution in [0.2, 0.25) is 10.0 Å². The van der Waals surface area contributed by atoms with Crippen molar-refractivity contribution < 1.29 is 14.1 Å². The molecule has 0 aliphatic rings. The fourth-order valence-electron chi connectivity index (χ4n) is 1.78. The minimum atomic E-state index is -0.680. The van der Waals surface area contributed by atoms with Crippen molar-refractivity contribution >= 4 is 41.0 Å². The third-order valence-corrected chi connectivity index (χ3v) is 3.62. The van der Waals surface area contributed by atoms with Crippen molar-refractivity contribution in [2.24, 2.45) is 0 Å². The molecule has 0 aliphatic carbocycles. The second-order valence-electron chi connectivity index (χ2n) is 4.96. The van der Waals surface area contributed by atoms with Gasteiger partial charge >= 0.3 is 12.1 Å². The molecule has 4 amide bonds. The van der Waals surface area contributed by atoms with Crippen molar-refractivity contribution in [2.75, 3.05) is 19.4 Å². The lowest BCUT2D eigenvalue weighted by Gasteiger charge is -2.13. The number of aromatic nitrogens is 1. The predicted octanol–water partition coefficient (Wildman–Crippen LogP) is 3.26. The first-order valence-electron chi connectivity index (χ1n) is 6.76. The van der Waals surface area contributed by atoms with Crippen molar-refractivity contribution in [3.05, 3.63) is 34.0 Å². The average Bonchev–Trinajstić information content (AvgIpc) is 2.86. The third-order valence-electron chi connectivity index (χ3n) is 2.99. The highest BCUT2D eigenvalue weighted by Gasteiger charge is 2.21. The first-order valence-corrected chi connectivity index (χ1v) is 7.51. The van der Waals surface area contributed by atoms with Crippen LogP contribution in [0.25, 0.3) is 11.3 Å². The molecular formula is C14H15Cl2N5O3. The second kappa shape index (κ2) is 7.41. The van der Waals surface area contributed by atoms with Gasteiger partial charge < -0.3 is 14.7 Å². The molecule has 0 radical (unpaired) electrons. The van der Waals surface area contributed by atoms with E-state index >= 15 is 0 Å². The van der Waals surface area contributed by atoms with Crippen LogP contribution in [0.1, 0.15) is 5.76 Å². The molecule has 0 atom stereocenters. The van der Waals surface area contributed by atoms with Crippen molar-refractivity contribution in [3.8, 4) is 11.3 Å². The van der Waals surface area contributed by atoms with Gasteiger partial charge in [-0.05, 0) is 19.1 Å². The van der Waals surface area contributed by atoms with Crippen LogP contribution in [-0.4, -0.2) is 36.2 Å². The fourth-order valence-corrected chi connectivity index (χ4v) is 2.36. The molecule has 0 saturated heterocycles. The molecule has 1 heterocycles. The Hall–Kier alpha value is -2.45. The van der Waals surface area contributed by atoms with E-state index in [1.54, 1.807) is 25.1 Å². The monoisotopic (exact) mass is 371 g/mol. The van der Waals surface area contributed by atoms with E-state index in [4.69, 9.17) is 27.7 Å². The highest BCUT2D eigenvalue weighted by molar-refractivity contribution is 6.39. The number of urea groups is 2. The predicted molar refractivity (Wildman–Crippen MR) is 91.1 cm³/mol. The van der Waals surface area contributed by atoms with Gasteiger partial charge in [0, 0.05) is 19.7 Å². The van der Waals surface area contributed by atoms with Crippen LogP contribution in [0, 0.1) is 6.92 Å². The molecule has 2 aromatic rings. The Bertz CT molecular complexity index is 756. The van der Waals surface area contributed by atoms with E-state index in [1.165, 1.54) is 19.0 Å². The highest BCUT2D eigenvalue weighted by Crippen LogP contribution is 2.39. The number of aryl methyl sites for hydroxylation is 1. The molecule has 0 aliphatic heterocycles. The van der Waals surface area contributed by atoms with Crippen LogP contribution in [0.15, 0.2) is 22.7 Å². The second-order valence-corrected chi connectivity index (χ2v) is 5.78. The van der Waals surface area contributed by atoms with Gasteiger partial charge in [0.05, 0.1) is 10.0 Å². The Morgan fingerprint density at radius 1 is 1.17 bits per heavy atom. The number of hydrogen-bond acceptors (Lipinski definition) is 4. The summed E-state index contributed by atoms with van der Waals surface area (Å²) in [6.45, 7) is 1.62. The maximum Gasteiger partial charge on any atom is 0.338 e. The number of nitrogens with one attached hydrogen (secondary N) is 3. The number of halogens is 2. The Balaban J connectivity index is 2.22. The van der Waals surface area contributed by atoms with E-state index in [0.29, 0.717) is 27.1 Å². The van der Waals surface area contributed by atoms with Gasteiger partial charge in [0.2, 0.25) is 0 Å². The van der Waals surface area contributed by atoms with Crippen LogP contribution < -0.4 is 16.2 Å². The van der Waals surface area contributed by atoms with E-state index in [-0.39, 0.29) is 5.69 Å². The Labute approximate surface area is 148 Å². The lowest BCUT2D eigenvalue weighted by Crippen LogP contribution is -2.48. The van der Waals surface area contributed by atoms with Crippen LogP contribution in [0.5, 0.6) is 0 Å². The molecule has 128 valence electrons. The summed E-state index contributed by atoms with van der Waals surface area (Å²) in [4.78, 5) is 24.6. The van der Waals surface area contributed by atoms with Crippen LogP contribution >= 0.6 is 23.2 Å². The standard InChI is InChI=1S/C14H15Cl2N5O3/c1-7-11(17-13(22)18-19-14(23)21(2)3)12(20-24-7)10-8(15)5-4-6-9(10)16/h4-6H,1-3H3,(H,19,23)(H2,17,18,22). The Morgan fingerprint density at radius 3 is 2.38 bits per heavy atom. The summed E-state index contributed by atoms with van der Waals surface area (Å²) in [7, 11) is 3.08. The summed E-state index contributed by atoms with van der Waals surface area (Å²) in [6.07, 6.45) is 0. The maximum atomic E-state index is 12.0. The van der Waals surface area contributed by atoms with Crippen molar-refractivity contribution in [1.29, 1.82) is 0 Å². The smallest absolute Gasteiger partial charge is 0.338 e. The van der Waals surface area contributed by atoms with E-state index in [1.807, 2.05) is 0 Å². The van der Waals surface area contributed by atoms with Gasteiger partial charge in [-0.25, -0.2) is 20.4 Å². The zero-order valence-corrected chi connectivity index (χ0v) is 14.6. The lowest BCUT2D eigenvalue weighted by atomic mass is 10.1. The topological polar surface area (TPSA) is 99.5 Å². The highest BCUT2D eigenvalue weighted by atomic mass is 35.5. The SMILES string of the molecule is Cc1onc(-c2c(Cl)cccc2Cl)c1NC(=O)NNC(=O)N(C)C. The number of hydrogen-bond donors (Lipinski definition) is 3. The molecule has 24 heavy (non-hydrogen) atoms. The summed E-state index contributed by atoms with van der Waals surface area (Å²) < 4.78 is 5.12. The molecule has 2 rings (SSSR count). The molecule has 8 nitrogen and oxygen atoms in total. The van der Waals surface area contributed by atoms with Crippen molar-refractivity contribution in [2.45, 2.75) is 6.92 Å². The minimum absolute atomic E-state index is 0.289. The molecule has 0 bridgehead atoms. The maximum absolute atomic E-state index is 12.0. The van der Waals surface area contributed by atoms with Gasteiger partial charge in [0.15, 0.2) is 5.76 Å². The summed E-state index contributed by atoms with van der Waals surface area (Å²) in [5, 5.41) is 7.17. The normalized spacial score (nSPS) is 10.2. The van der Waals surface area contributed by atoms with Crippen LogP contribution in [0.3, 0.4) is 0 Å². The Morgan fingerprint density at radius 2 is 1.79 bits per heavy atom. The lowest BCUT2D eigenvalue weighted by molar-refractivity contribution is 0.210. The van der Waals surface area contributed by atoms with E-state index in [9.17, 15) is 9.59 Å². The van der Waals surface area contributed by atoms with E-state index in [0.717, 1.165) is 0 Å². The number of anilines is 1. The number of carbonyl (C=O) groups excluding carboxylic acids is 2. The molecule has 1 aromatic heterocycles. The number of benzene rings is 1. The van der Waals surface area contributed by atoms with Gasteiger partial charge in [0.25, 0.3) is 0 Å². The van der Waals surface area contributed by atoms with Crippen molar-refractivity contribution in [1.82, 2.24) is 20.9 Å². The van der Waals surface area contributed by atoms with Gasteiger partial charge in [-0.3, -0.25) is 0 Å². The first-order chi connectivity index (χ1) is 11.3. The molecule has 0 spiro atoms. The van der Waals surface area contributed by atoms with E-state index in [2.05, 4.69) is 21.3 Å². The quantitative estimate of drug-likeness (QED) is 0.705. The number of amides is 4. The Kier molecular flexibility index (Phi) is 5.53. The molecule has 10 heteroatoms. The van der Waals surface area contributed by atoms with Crippen LogP contribution in [-0.2, 0) is 0 Å². The summed E-state index contributed by atoms with van der Waals surface area (Å²) in [5.41, 5.74) is 5.45. The molecule has 0 unspecified atom stereocenters. The molecule has 3 N–H and O–H groups in total. The molecular weight excluding hydrogens is 357 g/mol. The summed E-state index contributed by atoms with van der Waals surface area (Å²) >= 11 is 12.3. The number of hydrazine groups is 1. The molecule has 1 aromatic carbocycles. The zero-order chi connectivity index (χ0) is 17.9. The third kappa shape index (κ3) is 3.90. The number of carbonyl (C=O) groups is 2. The average molecular weight is 372 g/mol. The van der Waals surface area contributed by atoms with Crippen molar-refractivity contribution in [3.63, 3.8) is 0 Å². The minimum Gasteiger partial charge on any atom is -0.359 e. The summed E-state index contributed by atoms with van der Waals surface area (Å²) in [6, 6.07) is 3.82. The van der Waals surface area contributed by atoms with Gasteiger partial charge in [-0.15, -0.1) is 0 Å².